The molecule has 1 aromatic heterocycles. The van der Waals surface area contributed by atoms with Crippen LogP contribution < -0.4 is 5.32 Å². The smallest absolute Gasteiger partial charge is 0.135 e. The molecule has 4 bridgehead atoms. The maximum atomic E-state index is 7.17. The van der Waals surface area contributed by atoms with Gasteiger partial charge in [0, 0.05) is 35.3 Å². The molecule has 5 nitrogen and oxygen atoms in total. The molecule has 2 aromatic carbocycles. The first-order valence-corrected chi connectivity index (χ1v) is 14.9. The Kier molecular flexibility index (Phi) is 7.58. The van der Waals surface area contributed by atoms with Crippen LogP contribution >= 0.6 is 0 Å². The van der Waals surface area contributed by atoms with Crippen molar-refractivity contribution in [1.29, 1.82) is 5.41 Å². The van der Waals surface area contributed by atoms with Gasteiger partial charge in [-0.3, -0.25) is 4.99 Å². The fourth-order valence-corrected chi connectivity index (χ4v) is 7.78. The average Bonchev–Trinajstić information content (AvgIpc) is 2.93. The van der Waals surface area contributed by atoms with Crippen LogP contribution in [0.15, 0.2) is 65.7 Å². The van der Waals surface area contributed by atoms with Crippen LogP contribution in [-0.2, 0) is 18.3 Å². The van der Waals surface area contributed by atoms with Gasteiger partial charge in [0.1, 0.15) is 5.82 Å². The van der Waals surface area contributed by atoms with Gasteiger partial charge in [-0.15, -0.1) is 0 Å². The first-order valence-electron chi connectivity index (χ1n) is 14.9. The highest BCUT2D eigenvalue weighted by Gasteiger charge is 2.53. The van der Waals surface area contributed by atoms with Crippen molar-refractivity contribution in [3.05, 3.63) is 77.7 Å². The lowest BCUT2D eigenvalue weighted by molar-refractivity contribution is -0.00944. The number of anilines is 1. The third-order valence-corrected chi connectivity index (χ3v) is 9.16. The Morgan fingerprint density at radius 3 is 2.31 bits per heavy atom. The molecule has 39 heavy (non-hydrogen) atoms. The maximum Gasteiger partial charge on any atom is 0.135 e. The summed E-state index contributed by atoms with van der Waals surface area (Å²) in [7, 11) is 0. The van der Waals surface area contributed by atoms with Crippen molar-refractivity contribution >= 4 is 17.7 Å². The second-order valence-corrected chi connectivity index (χ2v) is 12.3. The SMILES string of the molecule is CC(=NCCC=N)Nc1ccc(-c2cc(CCCc3ccccc3)nc(C34CC5CC(CC(C5)C3)C4)n2)cc1. The standard InChI is InChI=1S/C34H41N5/c1-24(36-16-6-15-35)37-30-13-11-29(12-14-30)32-20-31(10-5-9-25-7-3-2-4-8-25)38-33(39-32)34-21-26-17-27(22-34)19-28(18-26)23-34/h2-4,7-8,11-15,20,26-28,35H,5-6,9-10,16-19,21-23H2,1H3,(H,36,37). The Bertz CT molecular complexity index is 1280. The van der Waals surface area contributed by atoms with E-state index in [2.05, 4.69) is 71.0 Å². The lowest BCUT2D eigenvalue weighted by Gasteiger charge is -2.56. The van der Waals surface area contributed by atoms with Crippen LogP contribution in [0.4, 0.5) is 5.69 Å². The summed E-state index contributed by atoms with van der Waals surface area (Å²) in [6, 6.07) is 21.6. The second kappa shape index (κ2) is 11.4. The summed E-state index contributed by atoms with van der Waals surface area (Å²) in [6.07, 6.45) is 13.4. The van der Waals surface area contributed by atoms with E-state index in [-0.39, 0.29) is 5.41 Å². The van der Waals surface area contributed by atoms with E-state index in [1.54, 1.807) is 0 Å². The summed E-state index contributed by atoms with van der Waals surface area (Å²) in [5.74, 6) is 4.62. The van der Waals surface area contributed by atoms with Crippen LogP contribution in [0.3, 0.4) is 0 Å². The van der Waals surface area contributed by atoms with Crippen LogP contribution in [0.1, 0.15) is 75.4 Å². The summed E-state index contributed by atoms with van der Waals surface area (Å²) in [5, 5.41) is 10.5. The molecule has 0 spiro atoms. The Balaban J connectivity index is 1.26. The molecule has 2 N–H and O–H groups in total. The van der Waals surface area contributed by atoms with Gasteiger partial charge in [0.25, 0.3) is 0 Å². The fraction of sp³-hybridized carbons (Fsp3) is 0.471. The van der Waals surface area contributed by atoms with Crippen molar-refractivity contribution in [1.82, 2.24) is 9.97 Å². The number of nitrogens with one attached hydrogen (secondary N) is 2. The summed E-state index contributed by atoms with van der Waals surface area (Å²) < 4.78 is 0. The van der Waals surface area contributed by atoms with E-state index in [0.717, 1.165) is 65.6 Å². The monoisotopic (exact) mass is 519 g/mol. The van der Waals surface area contributed by atoms with E-state index in [0.29, 0.717) is 13.0 Å². The zero-order valence-electron chi connectivity index (χ0n) is 23.2. The Hall–Kier alpha value is -3.34. The number of nitrogens with zero attached hydrogens (tertiary/aromatic N) is 3. The molecule has 0 saturated heterocycles. The summed E-state index contributed by atoms with van der Waals surface area (Å²) in [4.78, 5) is 15.1. The van der Waals surface area contributed by atoms with Gasteiger partial charge in [-0.2, -0.15) is 0 Å². The topological polar surface area (TPSA) is 74.0 Å². The zero-order chi connectivity index (χ0) is 26.7. The number of aliphatic imine (C=N–C) groups is 1. The van der Waals surface area contributed by atoms with Crippen LogP contribution in [0.25, 0.3) is 11.3 Å². The number of amidine groups is 1. The first-order chi connectivity index (χ1) is 19.1. The first kappa shape index (κ1) is 25.9. The predicted octanol–water partition coefficient (Wildman–Crippen LogP) is 7.66. The highest BCUT2D eigenvalue weighted by Crippen LogP contribution is 2.60. The van der Waals surface area contributed by atoms with Crippen molar-refractivity contribution in [2.45, 2.75) is 76.5 Å². The predicted molar refractivity (Wildman–Crippen MR) is 161 cm³/mol. The van der Waals surface area contributed by atoms with E-state index < -0.39 is 0 Å². The van der Waals surface area contributed by atoms with Gasteiger partial charge < -0.3 is 10.7 Å². The van der Waals surface area contributed by atoms with Crippen LogP contribution in [0.2, 0.25) is 0 Å². The molecule has 202 valence electrons. The quantitative estimate of drug-likeness (QED) is 0.164. The molecule has 0 amide bonds. The molecular formula is C34H41N5. The number of rotatable bonds is 10. The van der Waals surface area contributed by atoms with Gasteiger partial charge in [-0.25, -0.2) is 9.97 Å². The van der Waals surface area contributed by atoms with Gasteiger partial charge in [0.15, 0.2) is 0 Å². The van der Waals surface area contributed by atoms with E-state index >= 15 is 0 Å². The molecule has 4 fully saturated rings. The highest BCUT2D eigenvalue weighted by molar-refractivity contribution is 5.93. The number of hydrogen-bond donors (Lipinski definition) is 2. The van der Waals surface area contributed by atoms with Gasteiger partial charge in [0.2, 0.25) is 0 Å². The van der Waals surface area contributed by atoms with Crippen molar-refractivity contribution < 1.29 is 0 Å². The average molecular weight is 520 g/mol. The van der Waals surface area contributed by atoms with Crippen LogP contribution in [-0.4, -0.2) is 28.6 Å². The molecule has 1 heterocycles. The lowest BCUT2D eigenvalue weighted by atomic mass is 9.49. The number of aromatic nitrogens is 2. The Morgan fingerprint density at radius 2 is 1.64 bits per heavy atom. The largest absolute Gasteiger partial charge is 0.344 e. The van der Waals surface area contributed by atoms with Gasteiger partial charge >= 0.3 is 0 Å². The molecule has 0 aliphatic heterocycles. The highest BCUT2D eigenvalue weighted by atomic mass is 15.0. The van der Waals surface area contributed by atoms with Gasteiger partial charge in [-0.05, 0) is 112 Å². The molecule has 5 heteroatoms. The molecule has 0 atom stereocenters. The van der Waals surface area contributed by atoms with Crippen molar-refractivity contribution in [2.24, 2.45) is 22.7 Å². The molecule has 0 unspecified atom stereocenters. The van der Waals surface area contributed by atoms with E-state index in [9.17, 15) is 0 Å². The lowest BCUT2D eigenvalue weighted by Crippen LogP contribution is -2.49. The summed E-state index contributed by atoms with van der Waals surface area (Å²) in [5.41, 5.74) is 6.01. The zero-order valence-corrected chi connectivity index (χ0v) is 23.2. The molecule has 0 radical (unpaired) electrons. The third-order valence-electron chi connectivity index (χ3n) is 9.16. The third kappa shape index (κ3) is 5.98. The van der Waals surface area contributed by atoms with E-state index in [1.165, 1.54) is 56.0 Å². The van der Waals surface area contributed by atoms with E-state index in [4.69, 9.17) is 15.4 Å². The van der Waals surface area contributed by atoms with Crippen LogP contribution in [0, 0.1) is 23.2 Å². The number of aryl methyl sites for hydroxylation is 2. The Morgan fingerprint density at radius 1 is 0.949 bits per heavy atom. The Labute approximate surface area is 233 Å². The summed E-state index contributed by atoms with van der Waals surface area (Å²) in [6.45, 7) is 2.61. The molecule has 3 aromatic rings. The summed E-state index contributed by atoms with van der Waals surface area (Å²) >= 11 is 0. The molecule has 7 rings (SSSR count). The van der Waals surface area contributed by atoms with Crippen molar-refractivity contribution in [3.8, 4) is 11.3 Å². The fourth-order valence-electron chi connectivity index (χ4n) is 7.78. The van der Waals surface area contributed by atoms with E-state index in [1.807, 2.05) is 6.92 Å². The maximum absolute atomic E-state index is 7.17. The van der Waals surface area contributed by atoms with Gasteiger partial charge in [0.05, 0.1) is 11.5 Å². The minimum Gasteiger partial charge on any atom is -0.344 e. The van der Waals surface area contributed by atoms with Crippen molar-refractivity contribution in [3.63, 3.8) is 0 Å². The molecular weight excluding hydrogens is 478 g/mol. The number of benzene rings is 2. The van der Waals surface area contributed by atoms with Crippen molar-refractivity contribution in [2.75, 3.05) is 11.9 Å². The minimum absolute atomic E-state index is 0.185. The number of hydrogen-bond acceptors (Lipinski definition) is 4. The minimum atomic E-state index is 0.185. The van der Waals surface area contributed by atoms with Crippen LogP contribution in [0.5, 0.6) is 0 Å². The molecule has 4 aliphatic carbocycles. The normalized spacial score (nSPS) is 25.6. The molecule has 4 aliphatic rings. The second-order valence-electron chi connectivity index (χ2n) is 12.3. The molecule has 4 saturated carbocycles. The van der Waals surface area contributed by atoms with Gasteiger partial charge in [-0.1, -0.05) is 42.5 Å².